The first-order valence-corrected chi connectivity index (χ1v) is 3.31. The molecule has 0 saturated carbocycles. The third kappa shape index (κ3) is 3.33. The van der Waals surface area contributed by atoms with Gasteiger partial charge in [0.15, 0.2) is 7.11 Å². The van der Waals surface area contributed by atoms with Gasteiger partial charge in [-0.3, -0.25) is 0 Å². The Morgan fingerprint density at radius 1 is 1.50 bits per heavy atom. The molecule has 0 aromatic heterocycles. The van der Waals surface area contributed by atoms with Crippen molar-refractivity contribution in [3.63, 3.8) is 0 Å². The molecule has 58 valence electrons. The Bertz CT molecular complexity index is 97.0. The predicted molar refractivity (Wildman–Crippen MR) is 36.2 cm³/mol. The second kappa shape index (κ2) is 5.09. The fourth-order valence-electron chi connectivity index (χ4n) is 0.619. The zero-order chi connectivity index (χ0) is 7.98. The van der Waals surface area contributed by atoms with E-state index in [-0.39, 0.29) is 6.10 Å². The van der Waals surface area contributed by atoms with Crippen molar-refractivity contribution in [1.82, 2.24) is 0 Å². The smallest absolute Gasteiger partial charge is 0.431 e. The molecule has 0 saturated heterocycles. The molecule has 0 rings (SSSR count). The molecule has 0 fully saturated rings. The van der Waals surface area contributed by atoms with E-state index in [4.69, 9.17) is 4.74 Å². The lowest BCUT2D eigenvalue weighted by Crippen LogP contribution is -2.15. The first-order chi connectivity index (χ1) is 4.74. The minimum atomic E-state index is -0.811. The van der Waals surface area contributed by atoms with Gasteiger partial charge in [-0.15, -0.1) is 0 Å². The van der Waals surface area contributed by atoms with Crippen LogP contribution in [0.4, 0.5) is 4.79 Å². The van der Waals surface area contributed by atoms with Crippen LogP contribution in [0.2, 0.25) is 0 Å². The number of hydrogen-bond donors (Lipinski definition) is 0. The number of carbonyl (C=O) groups is 1. The van der Waals surface area contributed by atoms with Crippen molar-refractivity contribution in [3.8, 4) is 0 Å². The molecule has 0 aliphatic carbocycles. The minimum Gasteiger partial charge on any atom is -0.431 e. The molecular weight excluding hydrogens is 132 g/mol. The molecular formula is C7H12O3. The summed E-state index contributed by atoms with van der Waals surface area (Å²) in [5.74, 6) is 0. The molecule has 0 unspecified atom stereocenters. The van der Waals surface area contributed by atoms with Crippen LogP contribution in [-0.4, -0.2) is 12.3 Å². The van der Waals surface area contributed by atoms with E-state index in [1.54, 1.807) is 0 Å². The summed E-state index contributed by atoms with van der Waals surface area (Å²) >= 11 is 0. The van der Waals surface area contributed by atoms with Crippen molar-refractivity contribution < 1.29 is 14.3 Å². The molecule has 0 heterocycles. The SMILES string of the molecule is [CH]OC(=O)OC(CC)CC. The number of rotatable bonds is 3. The lowest BCUT2D eigenvalue weighted by Gasteiger charge is -2.11. The van der Waals surface area contributed by atoms with Gasteiger partial charge in [-0.1, -0.05) is 13.8 Å². The van der Waals surface area contributed by atoms with E-state index in [2.05, 4.69) is 11.8 Å². The van der Waals surface area contributed by atoms with Gasteiger partial charge in [0.25, 0.3) is 0 Å². The van der Waals surface area contributed by atoms with E-state index in [0.29, 0.717) is 0 Å². The molecule has 0 bridgehead atoms. The highest BCUT2D eigenvalue weighted by molar-refractivity contribution is 5.60. The highest BCUT2D eigenvalue weighted by Crippen LogP contribution is 2.03. The van der Waals surface area contributed by atoms with Crippen LogP contribution in [0, 0.1) is 7.11 Å². The predicted octanol–water partition coefficient (Wildman–Crippen LogP) is 2.00. The summed E-state index contributed by atoms with van der Waals surface area (Å²) in [5, 5.41) is 0. The molecule has 0 atom stereocenters. The van der Waals surface area contributed by atoms with E-state index in [9.17, 15) is 4.79 Å². The third-order valence-electron chi connectivity index (χ3n) is 1.27. The molecule has 0 aromatic carbocycles. The average molecular weight is 144 g/mol. The normalized spacial score (nSPS) is 9.60. The fourth-order valence-corrected chi connectivity index (χ4v) is 0.619. The molecule has 3 heteroatoms. The zero-order valence-electron chi connectivity index (χ0n) is 6.29. The molecule has 0 spiro atoms. The molecule has 0 amide bonds. The summed E-state index contributed by atoms with van der Waals surface area (Å²) in [4.78, 5) is 10.4. The average Bonchev–Trinajstić information content (AvgIpc) is 1.99. The molecule has 0 aromatic rings. The third-order valence-corrected chi connectivity index (χ3v) is 1.27. The van der Waals surface area contributed by atoms with Crippen LogP contribution in [0.1, 0.15) is 26.7 Å². The minimum absolute atomic E-state index is 0.0731. The largest absolute Gasteiger partial charge is 0.509 e. The van der Waals surface area contributed by atoms with Gasteiger partial charge in [-0.2, -0.15) is 0 Å². The summed E-state index contributed by atoms with van der Waals surface area (Å²) in [6, 6.07) is 0. The van der Waals surface area contributed by atoms with Crippen molar-refractivity contribution >= 4 is 6.16 Å². The fraction of sp³-hybridized carbons (Fsp3) is 0.714. The van der Waals surface area contributed by atoms with Crippen LogP contribution in [0.3, 0.4) is 0 Å². The highest BCUT2D eigenvalue weighted by atomic mass is 16.7. The Hall–Kier alpha value is -0.730. The lowest BCUT2D eigenvalue weighted by molar-refractivity contribution is 0.0421. The van der Waals surface area contributed by atoms with Crippen molar-refractivity contribution in [1.29, 1.82) is 0 Å². The van der Waals surface area contributed by atoms with Gasteiger partial charge in [0.2, 0.25) is 0 Å². The van der Waals surface area contributed by atoms with E-state index >= 15 is 0 Å². The standard InChI is InChI=1S/C7H12O3/c1-4-6(5-2)10-7(8)9-3/h3,6H,4-5H2,1-2H3. The molecule has 2 radical (unpaired) electrons. The summed E-state index contributed by atoms with van der Waals surface area (Å²) in [5.41, 5.74) is 0. The first kappa shape index (κ1) is 9.27. The zero-order valence-corrected chi connectivity index (χ0v) is 6.29. The summed E-state index contributed by atoms with van der Waals surface area (Å²) < 4.78 is 8.54. The van der Waals surface area contributed by atoms with Gasteiger partial charge in [-0.05, 0) is 12.8 Å². The van der Waals surface area contributed by atoms with Crippen LogP contribution >= 0.6 is 0 Å². The number of carbonyl (C=O) groups excluding carboxylic acids is 1. The summed E-state index contributed by atoms with van der Waals surface area (Å²) in [6.45, 7) is 3.86. The molecule has 0 N–H and O–H groups in total. The molecule has 3 nitrogen and oxygen atoms in total. The maximum Gasteiger partial charge on any atom is 0.509 e. The Balaban J connectivity index is 3.52. The Kier molecular flexibility index (Phi) is 4.72. The maximum absolute atomic E-state index is 10.4. The van der Waals surface area contributed by atoms with Crippen LogP contribution < -0.4 is 0 Å². The van der Waals surface area contributed by atoms with Crippen molar-refractivity contribution in [2.75, 3.05) is 0 Å². The number of hydrogen-bond acceptors (Lipinski definition) is 3. The van der Waals surface area contributed by atoms with Gasteiger partial charge in [0.1, 0.15) is 6.10 Å². The van der Waals surface area contributed by atoms with Gasteiger partial charge in [0.05, 0.1) is 0 Å². The second-order valence-corrected chi connectivity index (χ2v) is 1.92. The summed E-state index contributed by atoms with van der Waals surface area (Å²) in [6.07, 6.45) is 0.682. The molecule has 0 aliphatic rings. The molecule has 0 aliphatic heterocycles. The van der Waals surface area contributed by atoms with Crippen molar-refractivity contribution in [2.45, 2.75) is 32.8 Å². The highest BCUT2D eigenvalue weighted by Gasteiger charge is 2.09. The van der Waals surface area contributed by atoms with Crippen LogP contribution in [-0.2, 0) is 9.47 Å². The first-order valence-electron chi connectivity index (χ1n) is 3.31. The van der Waals surface area contributed by atoms with Gasteiger partial charge in [-0.25, -0.2) is 4.79 Å². The topological polar surface area (TPSA) is 35.5 Å². The number of ether oxygens (including phenoxy) is 2. The van der Waals surface area contributed by atoms with E-state index in [0.717, 1.165) is 12.8 Å². The maximum atomic E-state index is 10.4. The van der Waals surface area contributed by atoms with Gasteiger partial charge in [0, 0.05) is 0 Å². The van der Waals surface area contributed by atoms with Crippen molar-refractivity contribution in [3.05, 3.63) is 7.11 Å². The summed E-state index contributed by atoms with van der Waals surface area (Å²) in [7, 11) is 4.56. The Labute approximate surface area is 61.3 Å². The molecule has 10 heavy (non-hydrogen) atoms. The Morgan fingerprint density at radius 2 is 2.00 bits per heavy atom. The van der Waals surface area contributed by atoms with E-state index in [1.165, 1.54) is 0 Å². The van der Waals surface area contributed by atoms with E-state index < -0.39 is 6.16 Å². The van der Waals surface area contributed by atoms with Gasteiger partial charge < -0.3 is 9.47 Å². The second-order valence-electron chi connectivity index (χ2n) is 1.92. The lowest BCUT2D eigenvalue weighted by atomic mass is 10.2. The van der Waals surface area contributed by atoms with Gasteiger partial charge >= 0.3 is 6.16 Å². The monoisotopic (exact) mass is 144 g/mol. The van der Waals surface area contributed by atoms with Crippen LogP contribution in [0.25, 0.3) is 0 Å². The van der Waals surface area contributed by atoms with E-state index in [1.807, 2.05) is 13.8 Å². The van der Waals surface area contributed by atoms with Crippen molar-refractivity contribution in [2.24, 2.45) is 0 Å². The Morgan fingerprint density at radius 3 is 2.30 bits per heavy atom. The van der Waals surface area contributed by atoms with Crippen LogP contribution in [0.5, 0.6) is 0 Å². The quantitative estimate of drug-likeness (QED) is 0.568. The van der Waals surface area contributed by atoms with Crippen LogP contribution in [0.15, 0.2) is 0 Å².